The normalized spacial score (nSPS) is 10.4. The quantitative estimate of drug-likeness (QED) is 0.905. The number of nitrogens with zero attached hydrogens (tertiary/aromatic N) is 3. The first kappa shape index (κ1) is 13.5. The first-order valence-electron chi connectivity index (χ1n) is 5.51. The summed E-state index contributed by atoms with van der Waals surface area (Å²) in [5, 5.41) is 16.4. The molecule has 1 N–H and O–H groups in total. The van der Waals surface area contributed by atoms with Crippen LogP contribution >= 0.6 is 15.9 Å². The van der Waals surface area contributed by atoms with Gasteiger partial charge in [0.25, 0.3) is 0 Å². The van der Waals surface area contributed by atoms with Gasteiger partial charge in [0.2, 0.25) is 0 Å². The standard InChI is InChI=1S/C12H12BrN3O3/c1-19-11-3-2-9(13)4-8(11)6-16-7-10(14-15-16)5-12(17)18/h2-4,7H,5-6H2,1H3,(H,17,18). The molecule has 0 saturated heterocycles. The Morgan fingerprint density at radius 2 is 2.32 bits per heavy atom. The zero-order valence-corrected chi connectivity index (χ0v) is 11.8. The third kappa shape index (κ3) is 3.54. The van der Waals surface area contributed by atoms with Gasteiger partial charge in [0.15, 0.2) is 0 Å². The van der Waals surface area contributed by atoms with E-state index < -0.39 is 5.97 Å². The molecule has 0 aliphatic carbocycles. The van der Waals surface area contributed by atoms with Crippen LogP contribution in [0.5, 0.6) is 5.75 Å². The van der Waals surface area contributed by atoms with Crippen molar-refractivity contribution in [3.8, 4) is 5.75 Å². The summed E-state index contributed by atoms with van der Waals surface area (Å²) in [7, 11) is 1.60. The van der Waals surface area contributed by atoms with Gasteiger partial charge in [0, 0.05) is 16.2 Å². The highest BCUT2D eigenvalue weighted by atomic mass is 79.9. The fraction of sp³-hybridized carbons (Fsp3) is 0.250. The molecule has 0 unspecified atom stereocenters. The number of methoxy groups -OCH3 is 1. The van der Waals surface area contributed by atoms with Crippen molar-refractivity contribution < 1.29 is 14.6 Å². The Morgan fingerprint density at radius 1 is 1.53 bits per heavy atom. The van der Waals surface area contributed by atoms with Gasteiger partial charge < -0.3 is 9.84 Å². The number of aromatic nitrogens is 3. The molecule has 6 nitrogen and oxygen atoms in total. The molecule has 1 aromatic heterocycles. The van der Waals surface area contributed by atoms with Crippen molar-refractivity contribution in [3.05, 3.63) is 40.1 Å². The molecule has 0 fully saturated rings. The van der Waals surface area contributed by atoms with Crippen LogP contribution in [0.3, 0.4) is 0 Å². The van der Waals surface area contributed by atoms with Crippen molar-refractivity contribution in [2.75, 3.05) is 7.11 Å². The van der Waals surface area contributed by atoms with E-state index in [-0.39, 0.29) is 6.42 Å². The van der Waals surface area contributed by atoms with Gasteiger partial charge in [0.1, 0.15) is 5.75 Å². The lowest BCUT2D eigenvalue weighted by atomic mass is 10.2. The van der Waals surface area contributed by atoms with Gasteiger partial charge in [-0.2, -0.15) is 0 Å². The Balaban J connectivity index is 2.18. The van der Waals surface area contributed by atoms with Gasteiger partial charge in [0.05, 0.1) is 25.8 Å². The summed E-state index contributed by atoms with van der Waals surface area (Å²) in [4.78, 5) is 10.6. The van der Waals surface area contributed by atoms with E-state index in [1.165, 1.54) is 0 Å². The van der Waals surface area contributed by atoms with Gasteiger partial charge >= 0.3 is 5.97 Å². The smallest absolute Gasteiger partial charge is 0.309 e. The molecular formula is C12H12BrN3O3. The summed E-state index contributed by atoms with van der Waals surface area (Å²) in [6.07, 6.45) is 1.49. The predicted molar refractivity (Wildman–Crippen MR) is 71.2 cm³/mol. The van der Waals surface area contributed by atoms with Crippen LogP contribution in [0, 0.1) is 0 Å². The largest absolute Gasteiger partial charge is 0.496 e. The Morgan fingerprint density at radius 3 is 3.00 bits per heavy atom. The maximum absolute atomic E-state index is 10.6. The number of carboxylic acid groups (broad SMARTS) is 1. The minimum absolute atomic E-state index is 0.129. The van der Waals surface area contributed by atoms with E-state index in [1.807, 2.05) is 18.2 Å². The predicted octanol–water partition coefficient (Wildman–Crippen LogP) is 1.72. The second-order valence-corrected chi connectivity index (χ2v) is 4.85. The highest BCUT2D eigenvalue weighted by molar-refractivity contribution is 9.10. The van der Waals surface area contributed by atoms with Crippen LogP contribution in [0.15, 0.2) is 28.9 Å². The first-order valence-corrected chi connectivity index (χ1v) is 6.31. The average molecular weight is 326 g/mol. The highest BCUT2D eigenvalue weighted by Crippen LogP contribution is 2.23. The lowest BCUT2D eigenvalue weighted by Gasteiger charge is -2.08. The zero-order valence-electron chi connectivity index (χ0n) is 10.2. The third-order valence-electron chi connectivity index (χ3n) is 2.49. The van der Waals surface area contributed by atoms with Gasteiger partial charge in [-0.05, 0) is 18.2 Å². The summed E-state index contributed by atoms with van der Waals surface area (Å²) in [5.74, 6) is -0.175. The van der Waals surface area contributed by atoms with E-state index in [9.17, 15) is 4.79 Å². The molecule has 0 atom stereocenters. The lowest BCUT2D eigenvalue weighted by molar-refractivity contribution is -0.136. The molecule has 2 aromatic rings. The third-order valence-corrected chi connectivity index (χ3v) is 2.99. The van der Waals surface area contributed by atoms with E-state index in [0.717, 1.165) is 15.8 Å². The molecule has 0 amide bonds. The van der Waals surface area contributed by atoms with Gasteiger partial charge in [-0.3, -0.25) is 4.79 Å². The molecule has 0 saturated carbocycles. The van der Waals surface area contributed by atoms with Crippen molar-refractivity contribution in [1.82, 2.24) is 15.0 Å². The fourth-order valence-electron chi connectivity index (χ4n) is 1.70. The Bertz CT molecular complexity index is 598. The molecule has 100 valence electrons. The lowest BCUT2D eigenvalue weighted by Crippen LogP contribution is -2.03. The number of hydrogen-bond acceptors (Lipinski definition) is 4. The van der Waals surface area contributed by atoms with E-state index in [0.29, 0.717) is 12.2 Å². The Kier molecular flexibility index (Phi) is 4.16. The Hall–Kier alpha value is -1.89. The fourth-order valence-corrected chi connectivity index (χ4v) is 2.11. The van der Waals surface area contributed by atoms with E-state index in [1.54, 1.807) is 18.0 Å². The van der Waals surface area contributed by atoms with Crippen molar-refractivity contribution in [2.45, 2.75) is 13.0 Å². The summed E-state index contributed by atoms with van der Waals surface area (Å²) < 4.78 is 7.79. The van der Waals surface area contributed by atoms with Crippen LogP contribution in [-0.2, 0) is 17.8 Å². The molecule has 2 rings (SSSR count). The second kappa shape index (κ2) is 5.83. The number of aliphatic carboxylic acids is 1. The molecule has 0 aliphatic heterocycles. The van der Waals surface area contributed by atoms with Crippen LogP contribution in [-0.4, -0.2) is 33.2 Å². The summed E-state index contributed by atoms with van der Waals surface area (Å²) in [6, 6.07) is 5.67. The maximum atomic E-state index is 10.6. The second-order valence-electron chi connectivity index (χ2n) is 3.93. The van der Waals surface area contributed by atoms with Crippen LogP contribution in [0.2, 0.25) is 0 Å². The zero-order chi connectivity index (χ0) is 13.8. The Labute approximate surface area is 118 Å². The number of ether oxygens (including phenoxy) is 1. The minimum Gasteiger partial charge on any atom is -0.496 e. The van der Waals surface area contributed by atoms with E-state index in [2.05, 4.69) is 26.2 Å². The van der Waals surface area contributed by atoms with E-state index >= 15 is 0 Å². The average Bonchev–Trinajstić information content (AvgIpc) is 2.76. The molecule has 0 spiro atoms. The van der Waals surface area contributed by atoms with Gasteiger partial charge in [-0.15, -0.1) is 5.10 Å². The van der Waals surface area contributed by atoms with Crippen LogP contribution < -0.4 is 4.74 Å². The monoisotopic (exact) mass is 325 g/mol. The summed E-state index contributed by atoms with van der Waals surface area (Å²) >= 11 is 3.40. The number of halogens is 1. The topological polar surface area (TPSA) is 77.2 Å². The summed E-state index contributed by atoms with van der Waals surface area (Å²) in [5.41, 5.74) is 1.37. The first-order chi connectivity index (χ1) is 9.08. The van der Waals surface area contributed by atoms with E-state index in [4.69, 9.17) is 9.84 Å². The van der Waals surface area contributed by atoms with Crippen molar-refractivity contribution in [3.63, 3.8) is 0 Å². The number of rotatable bonds is 5. The van der Waals surface area contributed by atoms with Crippen LogP contribution in [0.4, 0.5) is 0 Å². The van der Waals surface area contributed by atoms with Crippen molar-refractivity contribution >= 4 is 21.9 Å². The molecular weight excluding hydrogens is 314 g/mol. The molecule has 0 radical (unpaired) electrons. The van der Waals surface area contributed by atoms with Gasteiger partial charge in [-0.25, -0.2) is 4.68 Å². The minimum atomic E-state index is -0.924. The van der Waals surface area contributed by atoms with Crippen molar-refractivity contribution in [2.24, 2.45) is 0 Å². The number of hydrogen-bond donors (Lipinski definition) is 1. The number of carbonyl (C=O) groups is 1. The maximum Gasteiger partial charge on any atom is 0.309 e. The molecule has 0 aliphatic rings. The molecule has 7 heteroatoms. The SMILES string of the molecule is COc1ccc(Br)cc1Cn1cc(CC(=O)O)nn1. The molecule has 1 aromatic carbocycles. The molecule has 19 heavy (non-hydrogen) atoms. The molecule has 1 heterocycles. The van der Waals surface area contributed by atoms with Crippen LogP contribution in [0.1, 0.15) is 11.3 Å². The van der Waals surface area contributed by atoms with Crippen LogP contribution in [0.25, 0.3) is 0 Å². The number of carboxylic acids is 1. The molecule has 0 bridgehead atoms. The summed E-state index contributed by atoms with van der Waals surface area (Å²) in [6.45, 7) is 0.467. The number of benzene rings is 1. The van der Waals surface area contributed by atoms with Gasteiger partial charge in [-0.1, -0.05) is 21.1 Å². The highest BCUT2D eigenvalue weighted by Gasteiger charge is 2.08. The van der Waals surface area contributed by atoms with Crippen molar-refractivity contribution in [1.29, 1.82) is 0 Å².